The molecule has 3 atom stereocenters. The van der Waals surface area contributed by atoms with Gasteiger partial charge >= 0.3 is 0 Å². The molecule has 0 radical (unpaired) electrons. The third kappa shape index (κ3) is 7.53. The molecule has 1 aliphatic heterocycles. The first kappa shape index (κ1) is 25.2. The second kappa shape index (κ2) is 12.1. The van der Waals surface area contributed by atoms with Gasteiger partial charge in [-0.05, 0) is 37.8 Å². The second-order valence-corrected chi connectivity index (χ2v) is 9.23. The molecule has 1 aliphatic rings. The van der Waals surface area contributed by atoms with Gasteiger partial charge in [-0.3, -0.25) is 4.79 Å². The number of allylic oxidation sites excluding steroid dienone is 1. The Kier molecular flexibility index (Phi) is 9.24. The number of likely N-dealkylation sites (N-methyl/N-ethyl adjacent to an activating group) is 1. The molecule has 5 heteroatoms. The molecular weight excluding hydrogens is 414 g/mol. The lowest BCUT2D eigenvalue weighted by Crippen LogP contribution is -2.50. The van der Waals surface area contributed by atoms with Crippen molar-refractivity contribution in [2.75, 3.05) is 20.7 Å². The van der Waals surface area contributed by atoms with E-state index < -0.39 is 17.8 Å². The predicted molar refractivity (Wildman–Crippen MR) is 131 cm³/mol. The van der Waals surface area contributed by atoms with Gasteiger partial charge in [-0.1, -0.05) is 72.3 Å². The van der Waals surface area contributed by atoms with Crippen LogP contribution in [0, 0.1) is 0 Å². The van der Waals surface area contributed by atoms with E-state index in [4.69, 9.17) is 14.2 Å². The fourth-order valence-electron chi connectivity index (χ4n) is 4.03. The van der Waals surface area contributed by atoms with E-state index in [-0.39, 0.29) is 5.91 Å². The number of carbonyl (C=O) groups is 1. The molecule has 0 saturated heterocycles. The van der Waals surface area contributed by atoms with Crippen LogP contribution in [0.25, 0.3) is 0 Å². The number of ether oxygens (including phenoxy) is 3. The van der Waals surface area contributed by atoms with Crippen molar-refractivity contribution in [2.45, 2.75) is 64.1 Å². The van der Waals surface area contributed by atoms with Crippen LogP contribution in [-0.4, -0.2) is 49.3 Å². The summed E-state index contributed by atoms with van der Waals surface area (Å²) in [7, 11) is 3.53. The number of carbonyl (C=O) groups excluding carboxylic acids is 1. The summed E-state index contributed by atoms with van der Waals surface area (Å²) >= 11 is 0. The van der Waals surface area contributed by atoms with E-state index >= 15 is 0 Å². The molecule has 0 aliphatic carbocycles. The second-order valence-electron chi connectivity index (χ2n) is 9.23. The minimum Gasteiger partial charge on any atom is -0.374 e. The SMILES string of the molecule is C/C1=C\CC[C@@](C)(OCc2ccccc2)[C@@H](COCc2ccccc2)O[C@@H](C(=O)N(C)C)C1. The van der Waals surface area contributed by atoms with Gasteiger partial charge in [-0.25, -0.2) is 0 Å². The molecule has 0 unspecified atom stereocenters. The van der Waals surface area contributed by atoms with Crippen molar-refractivity contribution in [3.63, 3.8) is 0 Å². The minimum atomic E-state index is -0.613. The van der Waals surface area contributed by atoms with Crippen LogP contribution in [-0.2, 0) is 32.2 Å². The van der Waals surface area contributed by atoms with Crippen LogP contribution in [0.1, 0.15) is 44.2 Å². The summed E-state index contributed by atoms with van der Waals surface area (Å²) < 4.78 is 19.2. The standard InChI is InChI=1S/C28H37NO4/c1-22-12-11-17-28(2,32-20-24-15-9-6-10-16-24)26(33-25(18-22)27(30)29(3)4)21-31-19-23-13-7-5-8-14-23/h5-10,12-16,25-26H,11,17-21H2,1-4H3/b22-12+/t25-,26-,28-/m1/s1. The Morgan fingerprint density at radius 1 is 1.03 bits per heavy atom. The molecular formula is C28H37NO4. The molecule has 1 heterocycles. The van der Waals surface area contributed by atoms with Crippen molar-refractivity contribution in [1.82, 2.24) is 4.90 Å². The molecule has 0 spiro atoms. The normalized spacial score (nSPS) is 25.3. The maximum Gasteiger partial charge on any atom is 0.251 e. The van der Waals surface area contributed by atoms with Gasteiger partial charge in [0, 0.05) is 20.5 Å². The molecule has 178 valence electrons. The Morgan fingerprint density at radius 3 is 2.24 bits per heavy atom. The fraction of sp³-hybridized carbons (Fsp3) is 0.464. The van der Waals surface area contributed by atoms with Gasteiger partial charge in [0.25, 0.3) is 5.91 Å². The minimum absolute atomic E-state index is 0.0388. The van der Waals surface area contributed by atoms with E-state index in [1.165, 1.54) is 0 Å². The smallest absolute Gasteiger partial charge is 0.251 e. The molecule has 0 N–H and O–H groups in total. The van der Waals surface area contributed by atoms with E-state index in [9.17, 15) is 4.79 Å². The van der Waals surface area contributed by atoms with Crippen molar-refractivity contribution in [3.8, 4) is 0 Å². The molecule has 0 aromatic heterocycles. The number of amides is 1. The maximum atomic E-state index is 12.9. The van der Waals surface area contributed by atoms with Crippen LogP contribution < -0.4 is 0 Å². The van der Waals surface area contributed by atoms with Crippen molar-refractivity contribution in [3.05, 3.63) is 83.4 Å². The van der Waals surface area contributed by atoms with Gasteiger partial charge in [-0.2, -0.15) is 0 Å². The lowest BCUT2D eigenvalue weighted by molar-refractivity contribution is -0.190. The summed E-state index contributed by atoms with van der Waals surface area (Å²) in [6.45, 7) is 5.45. The third-order valence-electron chi connectivity index (χ3n) is 6.16. The predicted octanol–water partition coefficient (Wildman–Crippen LogP) is 5.15. The van der Waals surface area contributed by atoms with E-state index in [2.05, 4.69) is 32.1 Å². The Balaban J connectivity index is 1.81. The summed E-state index contributed by atoms with van der Waals surface area (Å²) in [4.78, 5) is 14.5. The molecule has 5 nitrogen and oxygen atoms in total. The number of rotatable bonds is 8. The highest BCUT2D eigenvalue weighted by molar-refractivity contribution is 5.80. The van der Waals surface area contributed by atoms with Gasteiger partial charge in [0.1, 0.15) is 12.2 Å². The quantitative estimate of drug-likeness (QED) is 0.521. The van der Waals surface area contributed by atoms with Crippen LogP contribution in [0.4, 0.5) is 0 Å². The topological polar surface area (TPSA) is 48.0 Å². The molecule has 2 aromatic carbocycles. The van der Waals surface area contributed by atoms with Gasteiger partial charge in [0.05, 0.1) is 25.4 Å². The average Bonchev–Trinajstić information content (AvgIpc) is 2.87. The summed E-state index contributed by atoms with van der Waals surface area (Å²) in [6.07, 6.45) is 3.45. The molecule has 1 amide bonds. The van der Waals surface area contributed by atoms with Crippen LogP contribution in [0.2, 0.25) is 0 Å². The highest BCUT2D eigenvalue weighted by atomic mass is 16.6. The highest BCUT2D eigenvalue weighted by Gasteiger charge is 2.40. The molecule has 0 saturated carbocycles. The monoisotopic (exact) mass is 451 g/mol. The van der Waals surface area contributed by atoms with Gasteiger partial charge < -0.3 is 19.1 Å². The number of hydrogen-bond donors (Lipinski definition) is 0. The first-order valence-corrected chi connectivity index (χ1v) is 11.7. The van der Waals surface area contributed by atoms with E-state index in [0.717, 1.165) is 29.5 Å². The molecule has 3 rings (SSSR count). The zero-order valence-corrected chi connectivity index (χ0v) is 20.3. The first-order chi connectivity index (χ1) is 15.9. The zero-order valence-electron chi connectivity index (χ0n) is 20.3. The summed E-state index contributed by atoms with van der Waals surface area (Å²) in [5.74, 6) is -0.0388. The van der Waals surface area contributed by atoms with Crippen LogP contribution >= 0.6 is 0 Å². The van der Waals surface area contributed by atoms with Crippen LogP contribution in [0.3, 0.4) is 0 Å². The third-order valence-corrected chi connectivity index (χ3v) is 6.16. The summed E-state index contributed by atoms with van der Waals surface area (Å²) in [5.41, 5.74) is 2.76. The van der Waals surface area contributed by atoms with Crippen molar-refractivity contribution in [2.24, 2.45) is 0 Å². The molecule has 0 bridgehead atoms. The zero-order chi connectivity index (χ0) is 23.7. The Hall–Kier alpha value is -2.47. The lowest BCUT2D eigenvalue weighted by atomic mass is 9.92. The molecule has 0 fully saturated rings. The highest BCUT2D eigenvalue weighted by Crippen LogP contribution is 2.31. The van der Waals surface area contributed by atoms with E-state index in [1.54, 1.807) is 19.0 Å². The van der Waals surface area contributed by atoms with Gasteiger partial charge in [-0.15, -0.1) is 0 Å². The first-order valence-electron chi connectivity index (χ1n) is 11.7. The number of nitrogens with zero attached hydrogens (tertiary/aromatic N) is 1. The fourth-order valence-corrected chi connectivity index (χ4v) is 4.03. The van der Waals surface area contributed by atoms with Crippen molar-refractivity contribution >= 4 is 5.91 Å². The maximum absolute atomic E-state index is 12.9. The Labute approximate surface area is 198 Å². The lowest BCUT2D eigenvalue weighted by Gasteiger charge is -2.39. The summed E-state index contributed by atoms with van der Waals surface area (Å²) in [5, 5.41) is 0. The van der Waals surface area contributed by atoms with Gasteiger partial charge in [0.15, 0.2) is 0 Å². The number of benzene rings is 2. The van der Waals surface area contributed by atoms with Crippen LogP contribution in [0.5, 0.6) is 0 Å². The Morgan fingerprint density at radius 2 is 1.64 bits per heavy atom. The van der Waals surface area contributed by atoms with E-state index in [0.29, 0.717) is 26.2 Å². The largest absolute Gasteiger partial charge is 0.374 e. The van der Waals surface area contributed by atoms with E-state index in [1.807, 2.05) is 48.5 Å². The summed E-state index contributed by atoms with van der Waals surface area (Å²) in [6, 6.07) is 20.2. The number of hydrogen-bond acceptors (Lipinski definition) is 4. The average molecular weight is 452 g/mol. The van der Waals surface area contributed by atoms with Crippen molar-refractivity contribution < 1.29 is 19.0 Å². The van der Waals surface area contributed by atoms with Gasteiger partial charge in [0.2, 0.25) is 0 Å². The molecule has 2 aromatic rings. The molecule has 33 heavy (non-hydrogen) atoms. The Bertz CT molecular complexity index is 897. The van der Waals surface area contributed by atoms with Crippen LogP contribution in [0.15, 0.2) is 72.3 Å². The van der Waals surface area contributed by atoms with Crippen molar-refractivity contribution in [1.29, 1.82) is 0 Å².